The quantitative estimate of drug-likeness (QED) is 0.706. The molecular weight excluding hydrogens is 190 g/mol. The van der Waals surface area contributed by atoms with Crippen molar-refractivity contribution in [2.75, 3.05) is 0 Å². The third-order valence-electron chi connectivity index (χ3n) is 2.09. The van der Waals surface area contributed by atoms with Gasteiger partial charge in [-0.2, -0.15) is 0 Å². The molecule has 13 heavy (non-hydrogen) atoms. The molecule has 1 aromatic carbocycles. The molecule has 0 bridgehead atoms. The van der Waals surface area contributed by atoms with Crippen molar-refractivity contribution in [3.05, 3.63) is 34.9 Å². The van der Waals surface area contributed by atoms with Crippen LogP contribution in [0.25, 0.3) is 0 Å². The van der Waals surface area contributed by atoms with E-state index >= 15 is 0 Å². The highest BCUT2D eigenvalue weighted by Crippen LogP contribution is 2.34. The van der Waals surface area contributed by atoms with Crippen molar-refractivity contribution >= 4 is 17.6 Å². The predicted molar refractivity (Wildman–Crippen MR) is 48.8 cm³/mol. The maximum atomic E-state index is 10.6. The molecule has 0 unspecified atom stereocenters. The fourth-order valence-corrected chi connectivity index (χ4v) is 1.60. The second-order valence-electron chi connectivity index (χ2n) is 2.98. The first-order valence-corrected chi connectivity index (χ1v) is 4.31. The molecule has 1 aliphatic rings. The van der Waals surface area contributed by atoms with E-state index in [9.17, 15) is 4.79 Å². The van der Waals surface area contributed by atoms with E-state index < -0.39 is 12.0 Å². The zero-order valence-corrected chi connectivity index (χ0v) is 7.45. The Hall–Kier alpha value is -1.06. The molecule has 1 saturated heterocycles. The van der Waals surface area contributed by atoms with Crippen LogP contribution < -0.4 is 5.32 Å². The molecule has 4 heteroatoms. The molecule has 0 radical (unpaired) electrons. The van der Waals surface area contributed by atoms with E-state index in [-0.39, 0.29) is 6.04 Å². The third kappa shape index (κ3) is 1.53. The van der Waals surface area contributed by atoms with Crippen LogP contribution in [0, 0.1) is 0 Å². The van der Waals surface area contributed by atoms with Gasteiger partial charge < -0.3 is 5.11 Å². The van der Waals surface area contributed by atoms with E-state index in [2.05, 4.69) is 5.32 Å². The van der Waals surface area contributed by atoms with Crippen molar-refractivity contribution in [1.82, 2.24) is 5.32 Å². The van der Waals surface area contributed by atoms with Crippen LogP contribution in [0.2, 0.25) is 5.02 Å². The highest BCUT2D eigenvalue weighted by Gasteiger charge is 2.44. The summed E-state index contributed by atoms with van der Waals surface area (Å²) in [5.41, 5.74) is 0.858. The van der Waals surface area contributed by atoms with Gasteiger partial charge in [0.05, 0.1) is 6.04 Å². The molecule has 1 aromatic rings. The minimum atomic E-state index is -0.829. The van der Waals surface area contributed by atoms with Crippen molar-refractivity contribution in [2.45, 2.75) is 12.1 Å². The minimum Gasteiger partial charge on any atom is -0.480 e. The number of rotatable bonds is 2. The number of hydrogen-bond acceptors (Lipinski definition) is 2. The van der Waals surface area contributed by atoms with Crippen molar-refractivity contribution in [3.63, 3.8) is 0 Å². The Morgan fingerprint density at radius 3 is 2.69 bits per heavy atom. The van der Waals surface area contributed by atoms with Gasteiger partial charge in [0.1, 0.15) is 6.04 Å². The second-order valence-corrected chi connectivity index (χ2v) is 3.39. The van der Waals surface area contributed by atoms with Crippen LogP contribution >= 0.6 is 11.6 Å². The number of carbonyl (C=O) groups is 1. The largest absolute Gasteiger partial charge is 0.480 e. The Morgan fingerprint density at radius 1 is 1.46 bits per heavy atom. The third-order valence-corrected chi connectivity index (χ3v) is 2.43. The lowest BCUT2D eigenvalue weighted by Crippen LogP contribution is -2.07. The van der Waals surface area contributed by atoms with Crippen LogP contribution in [0.5, 0.6) is 0 Å². The van der Waals surface area contributed by atoms with Crippen LogP contribution in [-0.4, -0.2) is 17.1 Å². The summed E-state index contributed by atoms with van der Waals surface area (Å²) in [6, 6.07) is 6.68. The van der Waals surface area contributed by atoms with Crippen molar-refractivity contribution in [3.8, 4) is 0 Å². The fraction of sp³-hybridized carbons (Fsp3) is 0.222. The lowest BCUT2D eigenvalue weighted by Gasteiger charge is -1.98. The van der Waals surface area contributed by atoms with Crippen LogP contribution in [0.3, 0.4) is 0 Å². The summed E-state index contributed by atoms with van der Waals surface area (Å²) >= 11 is 5.90. The number of benzene rings is 1. The van der Waals surface area contributed by atoms with E-state index in [0.717, 1.165) is 5.56 Å². The van der Waals surface area contributed by atoms with Crippen LogP contribution in [-0.2, 0) is 4.79 Å². The topological polar surface area (TPSA) is 59.2 Å². The van der Waals surface area contributed by atoms with Crippen molar-refractivity contribution in [2.24, 2.45) is 0 Å². The van der Waals surface area contributed by atoms with Gasteiger partial charge in [0, 0.05) is 5.02 Å². The second kappa shape index (κ2) is 3.01. The lowest BCUT2D eigenvalue weighted by molar-refractivity contribution is -0.136. The highest BCUT2D eigenvalue weighted by molar-refractivity contribution is 6.31. The summed E-state index contributed by atoms with van der Waals surface area (Å²) < 4.78 is 0. The van der Waals surface area contributed by atoms with E-state index in [4.69, 9.17) is 16.7 Å². The average Bonchev–Trinajstić information content (AvgIpc) is 2.84. The summed E-state index contributed by atoms with van der Waals surface area (Å²) in [5, 5.41) is 12.1. The fourth-order valence-electron chi connectivity index (χ4n) is 1.35. The molecule has 1 fully saturated rings. The molecule has 0 aromatic heterocycles. The Labute approximate surface area is 80.3 Å². The first kappa shape index (κ1) is 8.53. The van der Waals surface area contributed by atoms with Gasteiger partial charge in [0.2, 0.25) is 0 Å². The maximum Gasteiger partial charge on any atom is 0.322 e. The number of nitrogens with one attached hydrogen (secondary N) is 1. The Kier molecular flexibility index (Phi) is 1.98. The molecule has 0 aliphatic carbocycles. The van der Waals surface area contributed by atoms with E-state index in [0.29, 0.717) is 5.02 Å². The molecule has 0 amide bonds. The summed E-state index contributed by atoms with van der Waals surface area (Å²) in [5.74, 6) is -0.829. The number of halogens is 1. The maximum absolute atomic E-state index is 10.6. The molecule has 2 rings (SSSR count). The molecular formula is C9H8ClNO2. The summed E-state index contributed by atoms with van der Waals surface area (Å²) in [6.45, 7) is 0. The first-order valence-electron chi connectivity index (χ1n) is 3.93. The average molecular weight is 198 g/mol. The Morgan fingerprint density at radius 2 is 2.15 bits per heavy atom. The molecule has 2 atom stereocenters. The van der Waals surface area contributed by atoms with Gasteiger partial charge in [-0.15, -0.1) is 0 Å². The highest BCUT2D eigenvalue weighted by atomic mass is 35.5. The molecule has 0 spiro atoms. The molecule has 2 N–H and O–H groups in total. The van der Waals surface area contributed by atoms with E-state index in [1.807, 2.05) is 18.2 Å². The van der Waals surface area contributed by atoms with Gasteiger partial charge in [-0.1, -0.05) is 29.8 Å². The lowest BCUT2D eigenvalue weighted by atomic mass is 10.1. The number of carboxylic acids is 1. The van der Waals surface area contributed by atoms with E-state index in [1.54, 1.807) is 6.07 Å². The minimum absolute atomic E-state index is 0.119. The molecule has 3 nitrogen and oxygen atoms in total. The van der Waals surface area contributed by atoms with Gasteiger partial charge in [-0.05, 0) is 11.6 Å². The van der Waals surface area contributed by atoms with Gasteiger partial charge in [0.15, 0.2) is 0 Å². The van der Waals surface area contributed by atoms with Crippen LogP contribution in [0.1, 0.15) is 11.6 Å². The van der Waals surface area contributed by atoms with Crippen LogP contribution in [0.4, 0.5) is 0 Å². The van der Waals surface area contributed by atoms with E-state index in [1.165, 1.54) is 0 Å². The van der Waals surface area contributed by atoms with Crippen molar-refractivity contribution < 1.29 is 9.90 Å². The molecule has 68 valence electrons. The van der Waals surface area contributed by atoms with Gasteiger partial charge in [-0.3, -0.25) is 10.1 Å². The van der Waals surface area contributed by atoms with Crippen molar-refractivity contribution in [1.29, 1.82) is 0 Å². The zero-order valence-electron chi connectivity index (χ0n) is 6.70. The first-order chi connectivity index (χ1) is 6.20. The molecule has 1 heterocycles. The predicted octanol–water partition coefficient (Wildman–Crippen LogP) is 1.44. The monoisotopic (exact) mass is 197 g/mol. The zero-order chi connectivity index (χ0) is 9.42. The number of hydrogen-bond donors (Lipinski definition) is 2. The Bertz CT molecular complexity index is 353. The number of aliphatic carboxylic acids is 1. The summed E-state index contributed by atoms with van der Waals surface area (Å²) in [7, 11) is 0. The van der Waals surface area contributed by atoms with Gasteiger partial charge in [0.25, 0.3) is 0 Å². The smallest absolute Gasteiger partial charge is 0.322 e. The van der Waals surface area contributed by atoms with Crippen LogP contribution in [0.15, 0.2) is 24.3 Å². The SMILES string of the molecule is O=C(O)[C@H]1N[C@@H]1c1ccccc1Cl. The normalized spacial score (nSPS) is 25.6. The van der Waals surface area contributed by atoms with Gasteiger partial charge >= 0.3 is 5.97 Å². The molecule has 1 aliphatic heterocycles. The molecule has 0 saturated carbocycles. The van der Waals surface area contributed by atoms with Gasteiger partial charge in [-0.25, -0.2) is 0 Å². The summed E-state index contributed by atoms with van der Waals surface area (Å²) in [6.07, 6.45) is 0. The standard InChI is InChI=1S/C9H8ClNO2/c10-6-4-2-1-3-5(6)7-8(11-7)9(12)13/h1-4,7-8,11H,(H,12,13)/t7-,8+/m1/s1. The number of carboxylic acid groups (broad SMARTS) is 1. The Balaban J connectivity index is 2.21. The summed E-state index contributed by atoms with van der Waals surface area (Å²) in [4.78, 5) is 10.6.